The second kappa shape index (κ2) is 9.36. The zero-order valence-electron chi connectivity index (χ0n) is 13.2. The maximum Gasteiger partial charge on any atom is 0.471 e. The molecule has 5 N–H and O–H groups in total. The van der Waals surface area contributed by atoms with Crippen LogP contribution in [0.25, 0.3) is 0 Å². The van der Waals surface area contributed by atoms with Crippen LogP contribution in [0.3, 0.4) is 0 Å². The summed E-state index contributed by atoms with van der Waals surface area (Å²) in [5.41, 5.74) is 5.26. The molecule has 24 heavy (non-hydrogen) atoms. The molecule has 0 aromatic carbocycles. The number of nitrogens with two attached hydrogens (primary N) is 1. The van der Waals surface area contributed by atoms with Gasteiger partial charge in [-0.2, -0.15) is 13.2 Å². The van der Waals surface area contributed by atoms with Gasteiger partial charge in [-0.25, -0.2) is 4.79 Å². The van der Waals surface area contributed by atoms with Crippen molar-refractivity contribution in [1.29, 1.82) is 0 Å². The molecule has 0 fully saturated rings. The first-order valence-electron chi connectivity index (χ1n) is 7.14. The number of alkyl halides is 3. The molecule has 0 spiro atoms. The van der Waals surface area contributed by atoms with Crippen LogP contribution in [0.4, 0.5) is 13.2 Å². The van der Waals surface area contributed by atoms with Crippen molar-refractivity contribution >= 4 is 19.5 Å². The van der Waals surface area contributed by atoms with E-state index in [4.69, 9.17) is 10.8 Å². The quantitative estimate of drug-likeness (QED) is 0.334. The Hall–Kier alpha value is -1.16. The molecule has 0 rings (SSSR count). The minimum Gasteiger partial charge on any atom is -0.479 e. The topological polar surface area (TPSA) is 139 Å². The predicted octanol–water partition coefficient (Wildman–Crippen LogP) is 1.68. The van der Waals surface area contributed by atoms with Crippen molar-refractivity contribution in [3.63, 3.8) is 0 Å². The Kier molecular flexibility index (Phi) is 8.90. The highest BCUT2D eigenvalue weighted by Gasteiger charge is 2.46. The fraction of sp³-hybridized carbons (Fsp3) is 0.833. The van der Waals surface area contributed by atoms with Crippen LogP contribution in [-0.2, 0) is 18.7 Å². The van der Waals surface area contributed by atoms with E-state index in [1.54, 1.807) is 0 Å². The minimum atomic E-state index is -5.25. The van der Waals surface area contributed by atoms with Gasteiger partial charge >= 0.3 is 25.6 Å². The number of nitrogens with one attached hydrogen (secondary N) is 1. The van der Waals surface area contributed by atoms with Crippen LogP contribution >= 0.6 is 7.60 Å². The van der Waals surface area contributed by atoms with E-state index in [1.807, 2.05) is 0 Å². The molecule has 0 saturated heterocycles. The fourth-order valence-corrected chi connectivity index (χ4v) is 3.51. The Morgan fingerprint density at radius 1 is 1.33 bits per heavy atom. The Bertz CT molecular complexity index is 492. The highest BCUT2D eigenvalue weighted by molar-refractivity contribution is 7.53. The van der Waals surface area contributed by atoms with Crippen molar-refractivity contribution < 1.29 is 43.3 Å². The molecule has 0 heterocycles. The third-order valence-corrected chi connectivity index (χ3v) is 4.98. The predicted molar refractivity (Wildman–Crippen MR) is 80.2 cm³/mol. The third kappa shape index (κ3) is 7.61. The van der Waals surface area contributed by atoms with Gasteiger partial charge in [-0.05, 0) is 31.7 Å². The van der Waals surface area contributed by atoms with Gasteiger partial charge in [0, 0.05) is 1.43 Å². The van der Waals surface area contributed by atoms with E-state index in [0.29, 0.717) is 6.42 Å². The molecule has 0 aromatic rings. The molecule has 3 atom stereocenters. The fourth-order valence-electron chi connectivity index (χ4n) is 1.78. The van der Waals surface area contributed by atoms with Crippen molar-refractivity contribution in [1.82, 2.24) is 5.32 Å². The smallest absolute Gasteiger partial charge is 0.471 e. The molecule has 144 valence electrons. The lowest BCUT2D eigenvalue weighted by atomic mass is 10.1. The van der Waals surface area contributed by atoms with E-state index in [9.17, 15) is 32.2 Å². The number of rotatable bonds is 10. The van der Waals surface area contributed by atoms with E-state index in [-0.39, 0.29) is 20.8 Å². The molecule has 0 aliphatic heterocycles. The van der Waals surface area contributed by atoms with E-state index in [1.165, 1.54) is 19.2 Å². The molecule has 12 heteroatoms. The minimum absolute atomic E-state index is 0. The van der Waals surface area contributed by atoms with Crippen LogP contribution in [0.1, 0.15) is 34.5 Å². The van der Waals surface area contributed by atoms with Crippen molar-refractivity contribution in [3.05, 3.63) is 0 Å². The lowest BCUT2D eigenvalue weighted by Crippen LogP contribution is -2.46. The average molecular weight is 380 g/mol. The lowest BCUT2D eigenvalue weighted by molar-refractivity contribution is -0.174. The molecule has 0 aliphatic rings. The number of carbonyl (C=O) groups is 2. The maximum absolute atomic E-state index is 12.3. The molecule has 1 amide bonds. The Morgan fingerprint density at radius 3 is 2.25 bits per heavy atom. The zero-order valence-corrected chi connectivity index (χ0v) is 14.1. The van der Waals surface area contributed by atoms with Crippen molar-refractivity contribution in [3.8, 4) is 0 Å². The third-order valence-electron chi connectivity index (χ3n) is 2.99. The molecular weight excluding hydrogens is 356 g/mol. The summed E-state index contributed by atoms with van der Waals surface area (Å²) in [6.45, 7) is 2.86. The summed E-state index contributed by atoms with van der Waals surface area (Å²) >= 11 is 0. The normalized spacial score (nSPS) is 17.2. The van der Waals surface area contributed by atoms with Crippen LogP contribution in [0, 0.1) is 5.92 Å². The number of carboxylic acid groups (broad SMARTS) is 1. The maximum atomic E-state index is 12.3. The van der Waals surface area contributed by atoms with Crippen molar-refractivity contribution in [2.45, 2.75) is 51.2 Å². The van der Waals surface area contributed by atoms with Crippen molar-refractivity contribution in [2.75, 3.05) is 6.54 Å². The van der Waals surface area contributed by atoms with Gasteiger partial charge in [0.15, 0.2) is 6.10 Å². The number of carboxylic acids is 1. The molecule has 0 radical (unpaired) electrons. The second-order valence-electron chi connectivity index (χ2n) is 5.44. The van der Waals surface area contributed by atoms with Gasteiger partial charge in [-0.3, -0.25) is 13.9 Å². The number of carbonyl (C=O) groups excluding carboxylic acids is 1. The van der Waals surface area contributed by atoms with E-state index < -0.39 is 43.5 Å². The zero-order chi connectivity index (χ0) is 19.1. The summed E-state index contributed by atoms with van der Waals surface area (Å²) in [6.07, 6.45) is -6.36. The van der Waals surface area contributed by atoms with Gasteiger partial charge in [0.05, 0.1) is 0 Å². The van der Waals surface area contributed by atoms with Crippen LogP contribution in [0.15, 0.2) is 0 Å². The van der Waals surface area contributed by atoms with Crippen molar-refractivity contribution in [2.24, 2.45) is 11.7 Å². The number of amides is 1. The van der Waals surface area contributed by atoms with Crippen LogP contribution in [0.2, 0.25) is 0 Å². The van der Waals surface area contributed by atoms with Crippen LogP contribution < -0.4 is 11.1 Å². The molecule has 3 unspecified atom stereocenters. The van der Waals surface area contributed by atoms with Crippen LogP contribution in [-0.4, -0.2) is 46.5 Å². The van der Waals surface area contributed by atoms with Crippen LogP contribution in [0.5, 0.6) is 0 Å². The first kappa shape index (κ1) is 22.8. The largest absolute Gasteiger partial charge is 0.479 e. The summed E-state index contributed by atoms with van der Waals surface area (Å²) in [4.78, 5) is 32.0. The van der Waals surface area contributed by atoms with E-state index >= 15 is 0 Å². The number of hydrogen-bond acceptors (Lipinski definition) is 5. The van der Waals surface area contributed by atoms with Gasteiger partial charge in [-0.1, -0.05) is 13.8 Å². The van der Waals surface area contributed by atoms with Gasteiger partial charge in [0.1, 0.15) is 5.78 Å². The summed E-state index contributed by atoms with van der Waals surface area (Å²) in [6, 6.07) is 0. The monoisotopic (exact) mass is 380 g/mol. The Morgan fingerprint density at radius 2 is 1.88 bits per heavy atom. The number of hydrogen-bond donors (Lipinski definition) is 4. The van der Waals surface area contributed by atoms with E-state index in [0.717, 1.165) is 0 Å². The summed E-state index contributed by atoms with van der Waals surface area (Å²) in [5.74, 6) is -6.76. The van der Waals surface area contributed by atoms with Gasteiger partial charge < -0.3 is 21.1 Å². The first-order chi connectivity index (χ1) is 10.8. The number of aliphatic carboxylic acids is 1. The molecule has 0 saturated carbocycles. The molecule has 0 bridgehead atoms. The Balaban J connectivity index is 0. The Labute approximate surface area is 138 Å². The molecule has 0 aliphatic carbocycles. The number of halogens is 3. The van der Waals surface area contributed by atoms with Gasteiger partial charge in [0.2, 0.25) is 0 Å². The molecule has 0 aromatic heterocycles. The first-order valence-corrected chi connectivity index (χ1v) is 8.79. The summed E-state index contributed by atoms with van der Waals surface area (Å²) in [5, 5.41) is 10.4. The highest BCUT2D eigenvalue weighted by atomic mass is 31.2. The number of unbranched alkanes of at least 4 members (excludes halogenated alkanes) is 1. The standard InChI is InChI=1S/C12H22F3N2O6P.H2/c1-7(2)9(17-11(20)12(13,14)15)24(21,22)23-8(10(18)19)5-3-4-6-16;/h7-9H,3-6,16H2,1-2H3,(H,17,20)(H,18,19)(H,21,22);1H. The van der Waals surface area contributed by atoms with Gasteiger partial charge in [0.25, 0.3) is 0 Å². The lowest BCUT2D eigenvalue weighted by Gasteiger charge is -2.28. The molecular formula is C12H24F3N2O6P. The second-order valence-corrected chi connectivity index (χ2v) is 7.34. The van der Waals surface area contributed by atoms with E-state index in [2.05, 4.69) is 4.52 Å². The highest BCUT2D eigenvalue weighted by Crippen LogP contribution is 2.51. The molecule has 8 nitrogen and oxygen atoms in total. The summed E-state index contributed by atoms with van der Waals surface area (Å²) < 4.78 is 53.9. The SMILES string of the molecule is CC(C)C(NC(=O)C(F)(F)F)P(=O)(O)OC(CCCCN)C(=O)O.[HH]. The summed E-state index contributed by atoms with van der Waals surface area (Å²) in [7, 11) is -4.88. The average Bonchev–Trinajstić information content (AvgIpc) is 2.41. The van der Waals surface area contributed by atoms with Gasteiger partial charge in [-0.15, -0.1) is 0 Å².